The van der Waals surface area contributed by atoms with Gasteiger partial charge in [0.2, 0.25) is 0 Å². The molecule has 0 unspecified atom stereocenters. The van der Waals surface area contributed by atoms with E-state index >= 15 is 0 Å². The lowest BCUT2D eigenvalue weighted by Gasteiger charge is -2.03. The second-order valence-electron chi connectivity index (χ2n) is 2.56. The minimum Gasteiger partial charge on any atom is -0.507 e. The van der Waals surface area contributed by atoms with Gasteiger partial charge in [-0.1, -0.05) is 18.5 Å². The van der Waals surface area contributed by atoms with Crippen LogP contribution in [0, 0.1) is 0 Å². The van der Waals surface area contributed by atoms with Crippen molar-refractivity contribution in [3.8, 4) is 5.75 Å². The van der Waals surface area contributed by atoms with Crippen LogP contribution in [0.1, 0.15) is 23.7 Å². The third kappa shape index (κ3) is 2.23. The van der Waals surface area contributed by atoms with Crippen molar-refractivity contribution in [2.45, 2.75) is 13.3 Å². The van der Waals surface area contributed by atoms with Crippen LogP contribution in [-0.4, -0.2) is 10.9 Å². The van der Waals surface area contributed by atoms with Gasteiger partial charge in [-0.05, 0) is 22.0 Å². The lowest BCUT2D eigenvalue weighted by Crippen LogP contribution is -1.97. The van der Waals surface area contributed by atoms with Crippen LogP contribution in [-0.2, 0) is 0 Å². The third-order valence-electron chi connectivity index (χ3n) is 1.66. The molecule has 0 aliphatic heterocycles. The van der Waals surface area contributed by atoms with Crippen LogP contribution < -0.4 is 0 Å². The van der Waals surface area contributed by atoms with E-state index in [-0.39, 0.29) is 16.6 Å². The van der Waals surface area contributed by atoms with E-state index in [0.717, 1.165) is 0 Å². The quantitative estimate of drug-likeness (QED) is 0.830. The van der Waals surface area contributed by atoms with Gasteiger partial charge in [-0.15, -0.1) is 0 Å². The van der Waals surface area contributed by atoms with Crippen molar-refractivity contribution >= 4 is 33.3 Å². The predicted octanol–water partition coefficient (Wildman–Crippen LogP) is 3.40. The van der Waals surface area contributed by atoms with Crippen LogP contribution in [0.3, 0.4) is 0 Å². The number of phenolic OH excluding ortho intramolecular Hbond substituents is 1. The summed E-state index contributed by atoms with van der Waals surface area (Å²) in [5.41, 5.74) is 0.439. The van der Waals surface area contributed by atoms with Gasteiger partial charge in [0, 0.05) is 18.1 Å². The Morgan fingerprint density at radius 3 is 2.77 bits per heavy atom. The molecule has 0 saturated heterocycles. The van der Waals surface area contributed by atoms with Crippen molar-refractivity contribution < 1.29 is 9.90 Å². The zero-order chi connectivity index (χ0) is 10.0. The molecule has 13 heavy (non-hydrogen) atoms. The molecule has 0 amide bonds. The fourth-order valence-corrected chi connectivity index (χ4v) is 1.55. The van der Waals surface area contributed by atoms with Crippen molar-refractivity contribution in [2.24, 2.45) is 0 Å². The fourth-order valence-electron chi connectivity index (χ4n) is 0.940. The van der Waals surface area contributed by atoms with E-state index < -0.39 is 0 Å². The molecule has 1 rings (SSSR count). The first-order valence-electron chi connectivity index (χ1n) is 3.77. The highest BCUT2D eigenvalue weighted by atomic mass is 79.9. The van der Waals surface area contributed by atoms with Gasteiger partial charge in [-0.25, -0.2) is 0 Å². The molecule has 1 aromatic carbocycles. The number of carbonyl (C=O) groups excluding carboxylic acids is 1. The molecule has 0 heterocycles. The molecule has 1 aromatic rings. The Hall–Kier alpha value is -0.540. The van der Waals surface area contributed by atoms with E-state index in [1.54, 1.807) is 6.92 Å². The summed E-state index contributed by atoms with van der Waals surface area (Å²) in [6.45, 7) is 1.76. The van der Waals surface area contributed by atoms with E-state index in [1.165, 1.54) is 12.1 Å². The van der Waals surface area contributed by atoms with Gasteiger partial charge in [0.25, 0.3) is 0 Å². The number of hydrogen-bond donors (Lipinski definition) is 1. The smallest absolute Gasteiger partial charge is 0.164 e. The summed E-state index contributed by atoms with van der Waals surface area (Å²) < 4.78 is 0.480. The van der Waals surface area contributed by atoms with Gasteiger partial charge >= 0.3 is 0 Å². The average molecular weight is 264 g/mol. The number of aromatic hydroxyl groups is 1. The Kier molecular flexibility index (Phi) is 3.33. The first kappa shape index (κ1) is 10.5. The molecule has 2 nitrogen and oxygen atoms in total. The Labute approximate surface area is 89.7 Å². The summed E-state index contributed by atoms with van der Waals surface area (Å²) in [5.74, 6) is 0.00310. The Balaban J connectivity index is 3.23. The zero-order valence-electron chi connectivity index (χ0n) is 6.97. The van der Waals surface area contributed by atoms with E-state index in [2.05, 4.69) is 15.9 Å². The molecule has 0 radical (unpaired) electrons. The molecule has 0 spiro atoms. The molecule has 70 valence electrons. The monoisotopic (exact) mass is 262 g/mol. The maximum atomic E-state index is 11.3. The predicted molar refractivity (Wildman–Crippen MR) is 55.4 cm³/mol. The number of Topliss-reactive ketones (excluding diaryl/α,β-unsaturated/α-hetero) is 1. The largest absolute Gasteiger partial charge is 0.507 e. The molecule has 0 bridgehead atoms. The number of carbonyl (C=O) groups is 1. The summed E-state index contributed by atoms with van der Waals surface area (Å²) in [6.07, 6.45) is 0.400. The molecule has 4 heteroatoms. The van der Waals surface area contributed by atoms with Gasteiger partial charge in [0.05, 0.1) is 9.50 Å². The number of halogens is 2. The van der Waals surface area contributed by atoms with Gasteiger partial charge in [-0.2, -0.15) is 0 Å². The molecule has 0 aliphatic rings. The van der Waals surface area contributed by atoms with E-state index in [9.17, 15) is 9.90 Å². The topological polar surface area (TPSA) is 37.3 Å². The fraction of sp³-hybridized carbons (Fsp3) is 0.222. The minimum atomic E-state index is -0.0364. The summed E-state index contributed by atoms with van der Waals surface area (Å²) in [4.78, 5) is 11.3. The van der Waals surface area contributed by atoms with Crippen molar-refractivity contribution in [1.29, 1.82) is 0 Å². The van der Waals surface area contributed by atoms with E-state index in [0.29, 0.717) is 16.5 Å². The first-order chi connectivity index (χ1) is 6.06. The SMILES string of the molecule is CCC(=O)c1cc(Br)c(O)cc1Cl. The van der Waals surface area contributed by atoms with Crippen LogP contribution in [0.15, 0.2) is 16.6 Å². The van der Waals surface area contributed by atoms with Crippen LogP contribution in [0.25, 0.3) is 0 Å². The molecule has 0 aliphatic carbocycles. The zero-order valence-corrected chi connectivity index (χ0v) is 9.32. The van der Waals surface area contributed by atoms with E-state index in [1.807, 2.05) is 0 Å². The highest BCUT2D eigenvalue weighted by Crippen LogP contribution is 2.30. The third-order valence-corrected chi connectivity index (χ3v) is 2.61. The molecule has 0 fully saturated rings. The van der Waals surface area contributed by atoms with Crippen LogP contribution in [0.4, 0.5) is 0 Å². The molecule has 0 aromatic heterocycles. The van der Waals surface area contributed by atoms with Gasteiger partial charge < -0.3 is 5.11 Å². The number of hydrogen-bond acceptors (Lipinski definition) is 2. The summed E-state index contributed by atoms with van der Waals surface area (Å²) >= 11 is 8.89. The summed E-state index contributed by atoms with van der Waals surface area (Å²) in [7, 11) is 0. The lowest BCUT2D eigenvalue weighted by atomic mass is 10.1. The molecule has 1 N–H and O–H groups in total. The first-order valence-corrected chi connectivity index (χ1v) is 4.94. The second-order valence-corrected chi connectivity index (χ2v) is 3.82. The molecular formula is C9H8BrClO2. The van der Waals surface area contributed by atoms with Crippen LogP contribution in [0.2, 0.25) is 5.02 Å². The number of benzene rings is 1. The highest BCUT2D eigenvalue weighted by molar-refractivity contribution is 9.10. The van der Waals surface area contributed by atoms with Crippen LogP contribution >= 0.6 is 27.5 Å². The summed E-state index contributed by atoms with van der Waals surface area (Å²) in [6, 6.07) is 2.89. The molecule has 0 saturated carbocycles. The Morgan fingerprint density at radius 2 is 2.23 bits per heavy atom. The normalized spacial score (nSPS) is 10.1. The standard InChI is InChI=1S/C9H8BrClO2/c1-2-8(12)5-3-6(10)9(13)4-7(5)11/h3-4,13H,2H2,1H3. The minimum absolute atomic E-state index is 0.0364. The van der Waals surface area contributed by atoms with Crippen molar-refractivity contribution in [2.75, 3.05) is 0 Å². The van der Waals surface area contributed by atoms with Gasteiger partial charge in [0.1, 0.15) is 5.75 Å². The maximum absolute atomic E-state index is 11.3. The van der Waals surface area contributed by atoms with Gasteiger partial charge in [0.15, 0.2) is 5.78 Å². The summed E-state index contributed by atoms with van der Waals surface area (Å²) in [5, 5.41) is 9.52. The number of ketones is 1. The molecular weight excluding hydrogens is 255 g/mol. The van der Waals surface area contributed by atoms with Crippen molar-refractivity contribution in [3.63, 3.8) is 0 Å². The van der Waals surface area contributed by atoms with Gasteiger partial charge in [-0.3, -0.25) is 4.79 Å². The Bertz CT molecular complexity index is 350. The van der Waals surface area contributed by atoms with Crippen molar-refractivity contribution in [1.82, 2.24) is 0 Å². The van der Waals surface area contributed by atoms with Crippen LogP contribution in [0.5, 0.6) is 5.75 Å². The van der Waals surface area contributed by atoms with Crippen molar-refractivity contribution in [3.05, 3.63) is 27.2 Å². The number of phenols is 1. The highest BCUT2D eigenvalue weighted by Gasteiger charge is 2.11. The average Bonchev–Trinajstić information content (AvgIpc) is 2.10. The number of rotatable bonds is 2. The lowest BCUT2D eigenvalue weighted by molar-refractivity contribution is 0.0988. The Morgan fingerprint density at radius 1 is 1.62 bits per heavy atom. The molecule has 0 atom stereocenters. The second kappa shape index (κ2) is 4.11. The maximum Gasteiger partial charge on any atom is 0.164 e. The van der Waals surface area contributed by atoms with E-state index in [4.69, 9.17) is 11.6 Å².